The molecule has 0 saturated carbocycles. The molecule has 1 unspecified atom stereocenters. The van der Waals surface area contributed by atoms with Crippen LogP contribution in [0.4, 0.5) is 0 Å². The van der Waals surface area contributed by atoms with Gasteiger partial charge in [0.1, 0.15) is 0 Å². The normalized spacial score (nSPS) is 19.5. The molecule has 1 aliphatic heterocycles. The van der Waals surface area contributed by atoms with Crippen molar-refractivity contribution in [2.75, 3.05) is 6.54 Å². The van der Waals surface area contributed by atoms with Gasteiger partial charge in [-0.05, 0) is 31.0 Å². The van der Waals surface area contributed by atoms with E-state index in [9.17, 15) is 0 Å². The molecule has 1 aliphatic rings. The fourth-order valence-electron chi connectivity index (χ4n) is 2.67. The van der Waals surface area contributed by atoms with Crippen molar-refractivity contribution in [2.45, 2.75) is 31.8 Å². The molecule has 0 bridgehead atoms. The molecule has 1 aromatic heterocycles. The van der Waals surface area contributed by atoms with Gasteiger partial charge < -0.3 is 9.88 Å². The van der Waals surface area contributed by atoms with E-state index in [-0.39, 0.29) is 0 Å². The average Bonchev–Trinajstić information content (AvgIpc) is 2.91. The van der Waals surface area contributed by atoms with Crippen LogP contribution in [0.1, 0.15) is 36.6 Å². The maximum Gasteiger partial charge on any atom is 0.0951 e. The number of rotatable bonds is 3. The lowest BCUT2D eigenvalue weighted by Gasteiger charge is -2.24. The first-order chi connectivity index (χ1) is 9.34. The maximum atomic E-state index is 4.33. The van der Waals surface area contributed by atoms with Crippen LogP contribution >= 0.6 is 15.9 Å². The Hall–Kier alpha value is -1.13. The van der Waals surface area contributed by atoms with Crippen LogP contribution in [-0.4, -0.2) is 16.1 Å². The van der Waals surface area contributed by atoms with E-state index in [1.165, 1.54) is 30.5 Å². The van der Waals surface area contributed by atoms with Crippen molar-refractivity contribution in [2.24, 2.45) is 0 Å². The van der Waals surface area contributed by atoms with E-state index in [0.29, 0.717) is 6.04 Å². The van der Waals surface area contributed by atoms with Crippen LogP contribution in [0, 0.1) is 0 Å². The molecule has 1 fully saturated rings. The molecule has 1 atom stereocenters. The summed E-state index contributed by atoms with van der Waals surface area (Å²) in [6.45, 7) is 1.99. The second-order valence-corrected chi connectivity index (χ2v) is 5.89. The molecule has 4 heteroatoms. The van der Waals surface area contributed by atoms with Gasteiger partial charge in [0.25, 0.3) is 0 Å². The number of hydrogen-bond acceptors (Lipinski definition) is 2. The van der Waals surface area contributed by atoms with E-state index < -0.39 is 0 Å². The Morgan fingerprint density at radius 1 is 1.32 bits per heavy atom. The lowest BCUT2D eigenvalue weighted by molar-refractivity contribution is 0.396. The summed E-state index contributed by atoms with van der Waals surface area (Å²) >= 11 is 3.61. The van der Waals surface area contributed by atoms with E-state index in [1.54, 1.807) is 0 Å². The summed E-state index contributed by atoms with van der Waals surface area (Å²) in [5, 5.41) is 3.59. The highest BCUT2D eigenvalue weighted by Gasteiger charge is 2.18. The molecule has 2 aromatic rings. The van der Waals surface area contributed by atoms with E-state index in [2.05, 4.69) is 49.0 Å². The molecule has 19 heavy (non-hydrogen) atoms. The van der Waals surface area contributed by atoms with Crippen molar-refractivity contribution in [3.05, 3.63) is 52.5 Å². The van der Waals surface area contributed by atoms with E-state index in [1.807, 2.05) is 18.6 Å². The molecule has 0 spiro atoms. The molecule has 3 nitrogen and oxygen atoms in total. The van der Waals surface area contributed by atoms with Crippen molar-refractivity contribution in [3.63, 3.8) is 0 Å². The molecule has 2 heterocycles. The predicted molar refractivity (Wildman–Crippen MR) is 80.1 cm³/mol. The molecule has 1 saturated heterocycles. The summed E-state index contributed by atoms with van der Waals surface area (Å²) < 4.78 is 3.41. The van der Waals surface area contributed by atoms with E-state index in [4.69, 9.17) is 0 Å². The summed E-state index contributed by atoms with van der Waals surface area (Å²) in [5.74, 6) is 0. The number of halogens is 1. The summed E-state index contributed by atoms with van der Waals surface area (Å²) in [5.41, 5.74) is 2.59. The monoisotopic (exact) mass is 319 g/mol. The number of nitrogens with zero attached hydrogens (tertiary/aromatic N) is 2. The predicted octanol–water partition coefficient (Wildman–Crippen LogP) is 3.51. The third-order valence-corrected chi connectivity index (χ3v) is 4.48. The van der Waals surface area contributed by atoms with Gasteiger partial charge in [0.05, 0.1) is 12.0 Å². The molecule has 0 aliphatic carbocycles. The summed E-state index contributed by atoms with van der Waals surface area (Å²) in [4.78, 5) is 4.33. The number of benzene rings is 1. The average molecular weight is 320 g/mol. The largest absolute Gasteiger partial charge is 0.329 e. The SMILES string of the molecule is Brc1ccccc1Cn1cncc1C1CCCCN1. The second-order valence-electron chi connectivity index (χ2n) is 5.04. The van der Waals surface area contributed by atoms with Gasteiger partial charge in [-0.15, -0.1) is 0 Å². The fourth-order valence-corrected chi connectivity index (χ4v) is 3.08. The van der Waals surface area contributed by atoms with Gasteiger partial charge in [0.2, 0.25) is 0 Å². The summed E-state index contributed by atoms with van der Waals surface area (Å²) in [7, 11) is 0. The number of piperidine rings is 1. The van der Waals surface area contributed by atoms with Crippen LogP contribution in [0.2, 0.25) is 0 Å². The topological polar surface area (TPSA) is 29.9 Å². The van der Waals surface area contributed by atoms with Crippen molar-refractivity contribution >= 4 is 15.9 Å². The first kappa shape index (κ1) is 12.9. The van der Waals surface area contributed by atoms with E-state index >= 15 is 0 Å². The van der Waals surface area contributed by atoms with Crippen LogP contribution in [0.5, 0.6) is 0 Å². The van der Waals surface area contributed by atoms with E-state index in [0.717, 1.165) is 17.6 Å². The van der Waals surface area contributed by atoms with Gasteiger partial charge in [-0.2, -0.15) is 0 Å². The molecule has 1 aromatic carbocycles. The number of hydrogen-bond donors (Lipinski definition) is 1. The zero-order valence-corrected chi connectivity index (χ0v) is 12.4. The van der Waals surface area contributed by atoms with Gasteiger partial charge in [-0.1, -0.05) is 40.5 Å². The fraction of sp³-hybridized carbons (Fsp3) is 0.400. The molecule has 0 radical (unpaired) electrons. The smallest absolute Gasteiger partial charge is 0.0951 e. The Labute approximate surface area is 122 Å². The van der Waals surface area contributed by atoms with Crippen molar-refractivity contribution in [1.82, 2.24) is 14.9 Å². The second kappa shape index (κ2) is 5.88. The van der Waals surface area contributed by atoms with Crippen molar-refractivity contribution in [3.8, 4) is 0 Å². The van der Waals surface area contributed by atoms with Crippen LogP contribution in [0.15, 0.2) is 41.3 Å². The third kappa shape index (κ3) is 2.90. The third-order valence-electron chi connectivity index (χ3n) is 3.71. The lowest BCUT2D eigenvalue weighted by Crippen LogP contribution is -2.28. The van der Waals surface area contributed by atoms with Gasteiger partial charge >= 0.3 is 0 Å². The Morgan fingerprint density at radius 3 is 3.00 bits per heavy atom. The minimum Gasteiger partial charge on any atom is -0.329 e. The highest BCUT2D eigenvalue weighted by Crippen LogP contribution is 2.24. The van der Waals surface area contributed by atoms with Gasteiger partial charge in [-0.25, -0.2) is 4.98 Å². The number of nitrogens with one attached hydrogen (secondary N) is 1. The molecular weight excluding hydrogens is 302 g/mol. The minimum absolute atomic E-state index is 0.457. The Morgan fingerprint density at radius 2 is 2.21 bits per heavy atom. The first-order valence-electron chi connectivity index (χ1n) is 6.81. The molecule has 3 rings (SSSR count). The molecule has 100 valence electrons. The molecule has 1 N–H and O–H groups in total. The highest BCUT2D eigenvalue weighted by atomic mass is 79.9. The van der Waals surface area contributed by atoms with Crippen molar-refractivity contribution < 1.29 is 0 Å². The van der Waals surface area contributed by atoms with Gasteiger partial charge in [-0.3, -0.25) is 0 Å². The molecule has 0 amide bonds. The van der Waals surface area contributed by atoms with Gasteiger partial charge in [0.15, 0.2) is 0 Å². The van der Waals surface area contributed by atoms with Crippen LogP contribution in [0.25, 0.3) is 0 Å². The zero-order chi connectivity index (χ0) is 13.1. The number of imidazole rings is 1. The Bertz CT molecular complexity index is 544. The van der Waals surface area contributed by atoms with Crippen LogP contribution < -0.4 is 5.32 Å². The van der Waals surface area contributed by atoms with Crippen molar-refractivity contribution in [1.29, 1.82) is 0 Å². The highest BCUT2D eigenvalue weighted by molar-refractivity contribution is 9.10. The quantitative estimate of drug-likeness (QED) is 0.938. The van der Waals surface area contributed by atoms with Crippen LogP contribution in [0.3, 0.4) is 0 Å². The lowest BCUT2D eigenvalue weighted by atomic mass is 10.0. The Balaban J connectivity index is 1.82. The maximum absolute atomic E-state index is 4.33. The minimum atomic E-state index is 0.457. The zero-order valence-electron chi connectivity index (χ0n) is 10.8. The Kier molecular flexibility index (Phi) is 3.99. The number of aromatic nitrogens is 2. The van der Waals surface area contributed by atoms with Crippen LogP contribution in [-0.2, 0) is 6.54 Å². The summed E-state index contributed by atoms with van der Waals surface area (Å²) in [6, 6.07) is 8.83. The summed E-state index contributed by atoms with van der Waals surface area (Å²) in [6.07, 6.45) is 7.74. The standard InChI is InChI=1S/C15H18BrN3/c16-13-6-2-1-5-12(13)10-19-11-17-9-15(19)14-7-3-4-8-18-14/h1-2,5-6,9,11,14,18H,3-4,7-8,10H2. The first-order valence-corrected chi connectivity index (χ1v) is 7.61. The molecular formula is C15H18BrN3. The van der Waals surface area contributed by atoms with Gasteiger partial charge in [0, 0.05) is 23.3 Å².